The van der Waals surface area contributed by atoms with E-state index in [9.17, 15) is 4.79 Å². The summed E-state index contributed by atoms with van der Waals surface area (Å²) in [7, 11) is 1.94. The highest BCUT2D eigenvalue weighted by Crippen LogP contribution is 2.40. The fraction of sp³-hybridized carbons (Fsp3) is 0.435. The second-order valence-corrected chi connectivity index (χ2v) is 8.64. The number of benzene rings is 1. The molecule has 1 N–H and O–H groups in total. The standard InChI is InChI=1S/C23H27N5O2/c1-15(2)30-20-7-4-16(13-25-20)21-18-12-17(5-6-19(18)27(3)26-21)28-11-9-23(22(28)29)8-10-24-14-23/h4-7,12-13,15,24H,8-11,14H2,1-3H3/t23-/m1/s1. The fourth-order valence-electron chi connectivity index (χ4n) is 4.67. The van der Waals surface area contributed by atoms with Crippen LogP contribution in [0.3, 0.4) is 0 Å². The third kappa shape index (κ3) is 3.04. The maximum Gasteiger partial charge on any atom is 0.234 e. The molecule has 0 radical (unpaired) electrons. The molecular weight excluding hydrogens is 378 g/mol. The first-order valence-electron chi connectivity index (χ1n) is 10.6. The zero-order valence-electron chi connectivity index (χ0n) is 17.7. The minimum atomic E-state index is -0.219. The Morgan fingerprint density at radius 1 is 1.20 bits per heavy atom. The second kappa shape index (κ2) is 7.09. The maximum absolute atomic E-state index is 13.2. The van der Waals surface area contributed by atoms with Gasteiger partial charge in [-0.15, -0.1) is 0 Å². The Morgan fingerprint density at radius 3 is 2.77 bits per heavy atom. The van der Waals surface area contributed by atoms with Crippen LogP contribution < -0.4 is 15.0 Å². The third-order valence-electron chi connectivity index (χ3n) is 6.27. The van der Waals surface area contributed by atoms with E-state index in [1.165, 1.54) is 0 Å². The largest absolute Gasteiger partial charge is 0.475 e. The van der Waals surface area contributed by atoms with Crippen LogP contribution in [0.4, 0.5) is 5.69 Å². The molecule has 2 aliphatic heterocycles. The van der Waals surface area contributed by atoms with E-state index in [4.69, 9.17) is 9.84 Å². The van der Waals surface area contributed by atoms with Gasteiger partial charge in [-0.05, 0) is 57.5 Å². The molecule has 2 aliphatic rings. The molecule has 30 heavy (non-hydrogen) atoms. The summed E-state index contributed by atoms with van der Waals surface area (Å²) in [6.07, 6.45) is 3.72. The molecule has 0 unspecified atom stereocenters. The number of hydrogen-bond donors (Lipinski definition) is 1. The number of amides is 1. The van der Waals surface area contributed by atoms with Crippen molar-refractivity contribution in [3.8, 4) is 17.1 Å². The van der Waals surface area contributed by atoms with Crippen molar-refractivity contribution in [2.75, 3.05) is 24.5 Å². The highest BCUT2D eigenvalue weighted by atomic mass is 16.5. The number of carbonyl (C=O) groups excluding carboxylic acids is 1. The molecule has 1 aromatic carbocycles. The fourth-order valence-corrected chi connectivity index (χ4v) is 4.67. The molecule has 156 valence electrons. The Kier molecular flexibility index (Phi) is 4.50. The van der Waals surface area contributed by atoms with Crippen molar-refractivity contribution in [3.63, 3.8) is 0 Å². The van der Waals surface area contributed by atoms with Crippen molar-refractivity contribution in [2.24, 2.45) is 12.5 Å². The van der Waals surface area contributed by atoms with E-state index in [2.05, 4.69) is 22.4 Å². The summed E-state index contributed by atoms with van der Waals surface area (Å²) >= 11 is 0. The van der Waals surface area contributed by atoms with Gasteiger partial charge in [0, 0.05) is 49.0 Å². The number of pyridine rings is 1. The molecule has 1 spiro atoms. The molecule has 7 heteroatoms. The van der Waals surface area contributed by atoms with Crippen molar-refractivity contribution in [1.29, 1.82) is 0 Å². The normalized spacial score (nSPS) is 21.5. The molecule has 2 saturated heterocycles. The minimum Gasteiger partial charge on any atom is -0.475 e. The predicted octanol–water partition coefficient (Wildman–Crippen LogP) is 3.14. The van der Waals surface area contributed by atoms with Gasteiger partial charge >= 0.3 is 0 Å². The van der Waals surface area contributed by atoms with Crippen LogP contribution in [0.1, 0.15) is 26.7 Å². The zero-order chi connectivity index (χ0) is 20.9. The van der Waals surface area contributed by atoms with E-state index in [-0.39, 0.29) is 17.4 Å². The van der Waals surface area contributed by atoms with E-state index in [1.807, 2.05) is 48.7 Å². The monoisotopic (exact) mass is 405 g/mol. The summed E-state index contributed by atoms with van der Waals surface area (Å²) in [6.45, 7) is 6.45. The van der Waals surface area contributed by atoms with Crippen LogP contribution in [-0.4, -0.2) is 46.4 Å². The van der Waals surface area contributed by atoms with Gasteiger partial charge in [0.15, 0.2) is 0 Å². The lowest BCUT2D eigenvalue weighted by Crippen LogP contribution is -2.36. The molecule has 7 nitrogen and oxygen atoms in total. The number of hydrogen-bond acceptors (Lipinski definition) is 5. The van der Waals surface area contributed by atoms with E-state index >= 15 is 0 Å². The van der Waals surface area contributed by atoms with Gasteiger partial charge in [0.1, 0.15) is 5.69 Å². The number of nitrogens with zero attached hydrogens (tertiary/aromatic N) is 4. The second-order valence-electron chi connectivity index (χ2n) is 8.64. The Labute approximate surface area is 176 Å². The van der Waals surface area contributed by atoms with Gasteiger partial charge in [0.05, 0.1) is 17.0 Å². The van der Waals surface area contributed by atoms with Crippen LogP contribution in [-0.2, 0) is 11.8 Å². The first kappa shape index (κ1) is 19.1. The maximum atomic E-state index is 13.2. The average molecular weight is 406 g/mol. The van der Waals surface area contributed by atoms with Gasteiger partial charge in [0.25, 0.3) is 0 Å². The minimum absolute atomic E-state index is 0.0814. The number of aryl methyl sites for hydroxylation is 1. The summed E-state index contributed by atoms with van der Waals surface area (Å²) in [5, 5.41) is 9.11. The predicted molar refractivity (Wildman–Crippen MR) is 117 cm³/mol. The lowest BCUT2D eigenvalue weighted by atomic mass is 9.86. The van der Waals surface area contributed by atoms with Gasteiger partial charge < -0.3 is 15.0 Å². The number of carbonyl (C=O) groups is 1. The summed E-state index contributed by atoms with van der Waals surface area (Å²) in [5.41, 5.74) is 3.54. The van der Waals surface area contributed by atoms with Gasteiger partial charge in [0.2, 0.25) is 11.8 Å². The average Bonchev–Trinajstić information content (AvgIpc) is 3.42. The van der Waals surface area contributed by atoms with E-state index in [0.29, 0.717) is 5.88 Å². The van der Waals surface area contributed by atoms with Crippen LogP contribution in [0.5, 0.6) is 5.88 Å². The summed E-state index contributed by atoms with van der Waals surface area (Å²) < 4.78 is 7.53. The van der Waals surface area contributed by atoms with Crippen LogP contribution in [0, 0.1) is 5.41 Å². The molecule has 5 rings (SSSR count). The Morgan fingerprint density at radius 2 is 2.07 bits per heavy atom. The molecule has 3 aromatic rings. The molecule has 4 heterocycles. The number of ether oxygens (including phenoxy) is 1. The van der Waals surface area contributed by atoms with Gasteiger partial charge in [-0.2, -0.15) is 5.10 Å². The number of rotatable bonds is 4. The quantitative estimate of drug-likeness (QED) is 0.722. The summed E-state index contributed by atoms with van der Waals surface area (Å²) in [4.78, 5) is 19.6. The lowest BCUT2D eigenvalue weighted by Gasteiger charge is -2.22. The SMILES string of the molecule is CC(C)Oc1ccc(-c2nn(C)c3ccc(N4CC[C@@]5(CCNC5)C4=O)cc23)cn1. The van der Waals surface area contributed by atoms with Crippen LogP contribution >= 0.6 is 0 Å². The van der Waals surface area contributed by atoms with Crippen LogP contribution in [0.15, 0.2) is 36.5 Å². The first-order valence-corrected chi connectivity index (χ1v) is 10.6. The van der Waals surface area contributed by atoms with Crippen LogP contribution in [0.2, 0.25) is 0 Å². The molecular formula is C23H27N5O2. The van der Waals surface area contributed by atoms with Gasteiger partial charge in [-0.1, -0.05) is 0 Å². The molecule has 1 amide bonds. The Bertz CT molecular complexity index is 1100. The molecule has 0 bridgehead atoms. The van der Waals surface area contributed by atoms with Crippen molar-refractivity contribution in [2.45, 2.75) is 32.8 Å². The van der Waals surface area contributed by atoms with E-state index in [0.717, 1.165) is 60.3 Å². The third-order valence-corrected chi connectivity index (χ3v) is 6.27. The number of nitrogens with one attached hydrogen (secondary N) is 1. The molecule has 2 aromatic heterocycles. The smallest absolute Gasteiger partial charge is 0.234 e. The van der Waals surface area contributed by atoms with Crippen LogP contribution in [0.25, 0.3) is 22.2 Å². The van der Waals surface area contributed by atoms with E-state index in [1.54, 1.807) is 6.20 Å². The summed E-state index contributed by atoms with van der Waals surface area (Å²) in [6, 6.07) is 10.0. The van der Waals surface area contributed by atoms with Crippen molar-refractivity contribution in [3.05, 3.63) is 36.5 Å². The topological polar surface area (TPSA) is 72.3 Å². The Balaban J connectivity index is 1.51. The van der Waals surface area contributed by atoms with Crippen molar-refractivity contribution in [1.82, 2.24) is 20.1 Å². The summed E-state index contributed by atoms with van der Waals surface area (Å²) in [5.74, 6) is 0.849. The van der Waals surface area contributed by atoms with E-state index < -0.39 is 0 Å². The number of fused-ring (bicyclic) bond motifs is 1. The number of aromatic nitrogens is 3. The van der Waals surface area contributed by atoms with Crippen molar-refractivity contribution >= 4 is 22.5 Å². The number of anilines is 1. The lowest BCUT2D eigenvalue weighted by molar-refractivity contribution is -0.124. The van der Waals surface area contributed by atoms with Gasteiger partial charge in [-0.25, -0.2) is 4.98 Å². The first-order chi connectivity index (χ1) is 14.5. The Hall–Kier alpha value is -2.93. The molecule has 0 aliphatic carbocycles. The zero-order valence-corrected chi connectivity index (χ0v) is 17.7. The molecule has 1 atom stereocenters. The highest BCUT2D eigenvalue weighted by molar-refractivity contribution is 6.03. The molecule has 2 fully saturated rings. The van der Waals surface area contributed by atoms with Gasteiger partial charge in [-0.3, -0.25) is 9.48 Å². The molecule has 0 saturated carbocycles. The van der Waals surface area contributed by atoms with Crippen molar-refractivity contribution < 1.29 is 9.53 Å². The highest BCUT2D eigenvalue weighted by Gasteiger charge is 2.48.